The van der Waals surface area contributed by atoms with Crippen LogP contribution in [0.25, 0.3) is 6.08 Å². The first kappa shape index (κ1) is 21.0. The number of nitrogens with one attached hydrogen (secondary N) is 2. The molecule has 0 saturated heterocycles. The van der Waals surface area contributed by atoms with E-state index in [2.05, 4.69) is 15.6 Å². The van der Waals surface area contributed by atoms with Crippen LogP contribution in [0.15, 0.2) is 77.8 Å². The lowest BCUT2D eigenvalue weighted by molar-refractivity contribution is -0.384. The van der Waals surface area contributed by atoms with E-state index >= 15 is 0 Å². The summed E-state index contributed by atoms with van der Waals surface area (Å²) < 4.78 is 19.3. The van der Waals surface area contributed by atoms with E-state index in [9.17, 15) is 14.5 Å². The van der Waals surface area contributed by atoms with Gasteiger partial charge in [0.15, 0.2) is 0 Å². The van der Waals surface area contributed by atoms with Crippen LogP contribution in [0.1, 0.15) is 19.4 Å². The van der Waals surface area contributed by atoms with Gasteiger partial charge in [-0.25, -0.2) is 9.38 Å². The van der Waals surface area contributed by atoms with E-state index in [1.165, 1.54) is 24.3 Å². The van der Waals surface area contributed by atoms with E-state index in [4.69, 9.17) is 4.74 Å². The Hall–Kier alpha value is -4.20. The number of non-ortho nitro benzene ring substituents is 1. The molecule has 0 bridgehead atoms. The van der Waals surface area contributed by atoms with E-state index in [-0.39, 0.29) is 17.1 Å². The first-order valence-corrected chi connectivity index (χ1v) is 9.92. The molecule has 0 radical (unpaired) electrons. The van der Waals surface area contributed by atoms with E-state index < -0.39 is 4.92 Å². The molecule has 7 nitrogen and oxygen atoms in total. The zero-order chi connectivity index (χ0) is 22.7. The fourth-order valence-electron chi connectivity index (χ4n) is 3.13. The van der Waals surface area contributed by atoms with E-state index in [1.54, 1.807) is 24.3 Å². The molecular weight excluding hydrogens is 411 g/mol. The van der Waals surface area contributed by atoms with Crippen molar-refractivity contribution in [2.24, 2.45) is 4.99 Å². The number of nitro benzene ring substituents is 1. The van der Waals surface area contributed by atoms with Gasteiger partial charge in [0.05, 0.1) is 10.6 Å². The number of benzene rings is 3. The van der Waals surface area contributed by atoms with Crippen LogP contribution >= 0.6 is 0 Å². The molecule has 0 fully saturated rings. The third kappa shape index (κ3) is 5.10. The minimum Gasteiger partial charge on any atom is -0.483 e. The Morgan fingerprint density at radius 3 is 2.34 bits per heavy atom. The molecule has 0 amide bonds. The van der Waals surface area contributed by atoms with Crippen LogP contribution in [-0.2, 0) is 0 Å². The molecule has 32 heavy (non-hydrogen) atoms. The number of nitro groups is 1. The van der Waals surface area contributed by atoms with Crippen molar-refractivity contribution in [3.63, 3.8) is 0 Å². The standard InChI is InChI=1S/C24H21FN4O3/c1-24(2)14-13-16-15-20(9-12-22(16)32-24)28-23(26-18-5-3-17(25)4-6-18)27-19-7-10-21(11-8-19)29(30)31/h3-15H,1-2H3,(H2,26,27,28). The quantitative estimate of drug-likeness (QED) is 0.224. The molecule has 162 valence electrons. The Bertz CT molecular complexity index is 1200. The molecular formula is C24H21FN4O3. The van der Waals surface area contributed by atoms with E-state index in [0.29, 0.717) is 17.3 Å². The Balaban J connectivity index is 1.63. The number of guanidine groups is 1. The summed E-state index contributed by atoms with van der Waals surface area (Å²) in [6.45, 7) is 3.97. The van der Waals surface area contributed by atoms with Crippen molar-refractivity contribution >= 4 is 34.8 Å². The second-order valence-corrected chi connectivity index (χ2v) is 7.78. The highest BCUT2D eigenvalue weighted by atomic mass is 19.1. The summed E-state index contributed by atoms with van der Waals surface area (Å²) in [6.07, 6.45) is 3.99. The Morgan fingerprint density at radius 2 is 1.66 bits per heavy atom. The Morgan fingerprint density at radius 1 is 1.00 bits per heavy atom. The van der Waals surface area contributed by atoms with E-state index in [0.717, 1.165) is 17.0 Å². The van der Waals surface area contributed by atoms with Gasteiger partial charge in [-0.3, -0.25) is 10.1 Å². The lowest BCUT2D eigenvalue weighted by Crippen LogP contribution is -2.27. The number of hydrogen-bond donors (Lipinski definition) is 2. The number of hydrogen-bond acceptors (Lipinski definition) is 4. The maximum atomic E-state index is 13.3. The highest BCUT2D eigenvalue weighted by molar-refractivity contribution is 6.05. The van der Waals surface area contributed by atoms with Crippen LogP contribution in [0.5, 0.6) is 5.75 Å². The second kappa shape index (κ2) is 8.50. The highest BCUT2D eigenvalue weighted by Gasteiger charge is 2.21. The molecule has 0 aliphatic carbocycles. The number of aliphatic imine (C=N–C) groups is 1. The number of halogens is 1. The smallest absolute Gasteiger partial charge is 0.269 e. The summed E-state index contributed by atoms with van der Waals surface area (Å²) in [5, 5.41) is 17.2. The van der Waals surface area contributed by atoms with Gasteiger partial charge >= 0.3 is 0 Å². The monoisotopic (exact) mass is 432 g/mol. The topological polar surface area (TPSA) is 88.8 Å². The molecule has 0 saturated carbocycles. The molecule has 0 atom stereocenters. The van der Waals surface area contributed by atoms with Crippen molar-refractivity contribution < 1.29 is 14.1 Å². The number of anilines is 2. The van der Waals surface area contributed by atoms with Crippen molar-refractivity contribution in [2.45, 2.75) is 19.4 Å². The van der Waals surface area contributed by atoms with Crippen molar-refractivity contribution in [3.8, 4) is 5.75 Å². The third-order valence-corrected chi connectivity index (χ3v) is 4.72. The van der Waals surface area contributed by atoms with Gasteiger partial charge in [0.2, 0.25) is 5.96 Å². The second-order valence-electron chi connectivity index (χ2n) is 7.78. The lowest BCUT2D eigenvalue weighted by Gasteiger charge is -2.28. The van der Waals surface area contributed by atoms with Crippen molar-refractivity contribution in [3.05, 3.63) is 94.3 Å². The molecule has 1 aliphatic rings. The molecule has 1 aliphatic heterocycles. The Labute approximate surface area is 184 Å². The number of nitrogens with zero attached hydrogens (tertiary/aromatic N) is 2. The third-order valence-electron chi connectivity index (χ3n) is 4.72. The zero-order valence-electron chi connectivity index (χ0n) is 17.5. The van der Waals surface area contributed by atoms with Crippen molar-refractivity contribution in [1.29, 1.82) is 0 Å². The summed E-state index contributed by atoms with van der Waals surface area (Å²) in [6, 6.07) is 17.4. The average molecular weight is 432 g/mol. The molecule has 0 spiro atoms. The van der Waals surface area contributed by atoms with Gasteiger partial charge < -0.3 is 15.4 Å². The summed E-state index contributed by atoms with van der Waals surface area (Å²) in [4.78, 5) is 15.0. The number of ether oxygens (including phenoxy) is 1. The largest absolute Gasteiger partial charge is 0.483 e. The van der Waals surface area contributed by atoms with E-state index in [1.807, 2.05) is 44.2 Å². The molecule has 1 heterocycles. The zero-order valence-corrected chi connectivity index (χ0v) is 17.5. The van der Waals surface area contributed by atoms with Crippen molar-refractivity contribution in [1.82, 2.24) is 0 Å². The lowest BCUT2D eigenvalue weighted by atomic mass is 10.0. The first-order chi connectivity index (χ1) is 15.3. The van der Waals surface area contributed by atoms with Crippen LogP contribution in [-0.4, -0.2) is 16.5 Å². The molecule has 0 unspecified atom stereocenters. The minimum atomic E-state index is -0.465. The fourth-order valence-corrected chi connectivity index (χ4v) is 3.13. The fraction of sp³-hybridized carbons (Fsp3) is 0.125. The molecule has 3 aromatic carbocycles. The molecule has 2 N–H and O–H groups in total. The minimum absolute atomic E-state index is 0.0191. The first-order valence-electron chi connectivity index (χ1n) is 9.92. The van der Waals surface area contributed by atoms with Gasteiger partial charge in [-0.15, -0.1) is 0 Å². The maximum Gasteiger partial charge on any atom is 0.269 e. The van der Waals surface area contributed by atoms with Crippen LogP contribution < -0.4 is 15.4 Å². The molecule has 8 heteroatoms. The number of rotatable bonds is 4. The average Bonchev–Trinajstić information content (AvgIpc) is 2.75. The Kier molecular flexibility index (Phi) is 5.59. The van der Waals surface area contributed by atoms with Crippen LogP contribution in [0.4, 0.5) is 27.1 Å². The van der Waals surface area contributed by atoms with Gasteiger partial charge in [0.25, 0.3) is 5.69 Å². The van der Waals surface area contributed by atoms with Gasteiger partial charge in [0, 0.05) is 29.1 Å². The van der Waals surface area contributed by atoms with Crippen molar-refractivity contribution in [2.75, 3.05) is 10.6 Å². The van der Waals surface area contributed by atoms with Crippen LogP contribution in [0.3, 0.4) is 0 Å². The predicted molar refractivity (Wildman–Crippen MR) is 124 cm³/mol. The molecule has 4 rings (SSSR count). The summed E-state index contributed by atoms with van der Waals surface area (Å²) in [5.41, 5.74) is 2.43. The summed E-state index contributed by atoms with van der Waals surface area (Å²) in [5.74, 6) is 0.802. The maximum absolute atomic E-state index is 13.3. The highest BCUT2D eigenvalue weighted by Crippen LogP contribution is 2.32. The van der Waals surface area contributed by atoms with Crippen LogP contribution in [0.2, 0.25) is 0 Å². The summed E-state index contributed by atoms with van der Waals surface area (Å²) >= 11 is 0. The number of fused-ring (bicyclic) bond motifs is 1. The summed E-state index contributed by atoms with van der Waals surface area (Å²) in [7, 11) is 0. The predicted octanol–water partition coefficient (Wildman–Crippen LogP) is 6.13. The molecule has 3 aromatic rings. The van der Waals surface area contributed by atoms with Gasteiger partial charge in [-0.1, -0.05) is 6.08 Å². The normalized spacial score (nSPS) is 14.3. The molecule has 0 aromatic heterocycles. The van der Waals surface area contributed by atoms with Crippen LogP contribution in [0, 0.1) is 15.9 Å². The van der Waals surface area contributed by atoms with Gasteiger partial charge in [-0.05, 0) is 74.5 Å². The van der Waals surface area contributed by atoms with Gasteiger partial charge in [-0.2, -0.15) is 0 Å². The van der Waals surface area contributed by atoms with Gasteiger partial charge in [0.1, 0.15) is 17.2 Å². The SMILES string of the molecule is CC1(C)C=Cc2cc(NC(=Nc3ccc([N+](=O)[O-])cc3)Nc3ccc(F)cc3)ccc2O1.